The van der Waals surface area contributed by atoms with E-state index in [0.29, 0.717) is 28.9 Å². The number of amides is 1. The number of aromatic nitrogens is 2. The van der Waals surface area contributed by atoms with Gasteiger partial charge in [0.15, 0.2) is 0 Å². The van der Waals surface area contributed by atoms with Crippen LogP contribution in [0.4, 0.5) is 13.2 Å². The Morgan fingerprint density at radius 1 is 1.00 bits per heavy atom. The van der Waals surface area contributed by atoms with Crippen LogP contribution in [-0.2, 0) is 19.1 Å². The fourth-order valence-corrected chi connectivity index (χ4v) is 3.89. The molecule has 2 aromatic carbocycles. The zero-order valence-corrected chi connectivity index (χ0v) is 18.6. The van der Waals surface area contributed by atoms with Crippen LogP contribution in [0.1, 0.15) is 45.4 Å². The summed E-state index contributed by atoms with van der Waals surface area (Å²) in [4.78, 5) is 17.5. The first-order valence-electron chi connectivity index (χ1n) is 10.7. The fourth-order valence-electron chi connectivity index (χ4n) is 3.89. The predicted octanol–water partition coefficient (Wildman–Crippen LogP) is 6.13. The molecular formula is C26H24F3N3O. The van der Waals surface area contributed by atoms with Crippen LogP contribution in [0.15, 0.2) is 60.8 Å². The average molecular weight is 451 g/mol. The zero-order chi connectivity index (χ0) is 23.8. The standard InChI is InChI=1S/C26H24F3N3O/c1-4-22-24(32-12-11-17(3)14-23(32)31-22)25(33)30-15-18-6-8-19(9-7-18)20-10-5-16(2)13-21(20)26(27,28)29/h5-14H,4,15H2,1-3H3,(H,30,33). The number of halogens is 3. The van der Waals surface area contributed by atoms with E-state index in [2.05, 4.69) is 10.3 Å². The van der Waals surface area contributed by atoms with Crippen molar-refractivity contribution < 1.29 is 18.0 Å². The van der Waals surface area contributed by atoms with Gasteiger partial charge in [0.25, 0.3) is 5.91 Å². The molecule has 0 radical (unpaired) electrons. The second kappa shape index (κ2) is 8.73. The summed E-state index contributed by atoms with van der Waals surface area (Å²) >= 11 is 0. The molecule has 0 aliphatic rings. The number of nitrogens with zero attached hydrogens (tertiary/aromatic N) is 2. The van der Waals surface area contributed by atoms with Crippen LogP contribution >= 0.6 is 0 Å². The molecule has 0 unspecified atom stereocenters. The summed E-state index contributed by atoms with van der Waals surface area (Å²) in [5.74, 6) is -0.245. The van der Waals surface area contributed by atoms with Crippen molar-refractivity contribution in [1.82, 2.24) is 14.7 Å². The molecule has 0 atom stereocenters. The third kappa shape index (κ3) is 4.62. The van der Waals surface area contributed by atoms with Crippen LogP contribution in [0.25, 0.3) is 16.8 Å². The first kappa shape index (κ1) is 22.6. The number of benzene rings is 2. The highest BCUT2D eigenvalue weighted by molar-refractivity contribution is 5.94. The minimum absolute atomic E-state index is 0.136. The summed E-state index contributed by atoms with van der Waals surface area (Å²) in [7, 11) is 0. The Labute approximate surface area is 190 Å². The molecule has 0 saturated carbocycles. The summed E-state index contributed by atoms with van der Waals surface area (Å²) in [6.07, 6.45) is -1.98. The molecule has 1 N–H and O–H groups in total. The number of fused-ring (bicyclic) bond motifs is 1. The molecule has 2 aromatic heterocycles. The third-order valence-electron chi connectivity index (χ3n) is 5.60. The minimum Gasteiger partial charge on any atom is -0.347 e. The number of nitrogens with one attached hydrogen (secondary N) is 1. The molecule has 2 heterocycles. The predicted molar refractivity (Wildman–Crippen MR) is 122 cm³/mol. The van der Waals surface area contributed by atoms with Gasteiger partial charge in [-0.15, -0.1) is 0 Å². The van der Waals surface area contributed by atoms with E-state index >= 15 is 0 Å². The van der Waals surface area contributed by atoms with Crippen LogP contribution in [-0.4, -0.2) is 15.3 Å². The SMILES string of the molecule is CCc1nc2cc(C)ccn2c1C(=O)NCc1ccc(-c2ccc(C)cc2C(F)(F)F)cc1. The lowest BCUT2D eigenvalue weighted by Crippen LogP contribution is -2.25. The van der Waals surface area contributed by atoms with E-state index in [1.54, 1.807) is 41.7 Å². The number of carbonyl (C=O) groups excluding carboxylic acids is 1. The molecule has 4 rings (SSSR count). The second-order valence-electron chi connectivity index (χ2n) is 8.12. The summed E-state index contributed by atoms with van der Waals surface area (Å²) in [5.41, 5.74) is 4.30. The molecule has 33 heavy (non-hydrogen) atoms. The molecular weight excluding hydrogens is 427 g/mol. The summed E-state index contributed by atoms with van der Waals surface area (Å²) in [6.45, 7) is 5.81. The first-order chi connectivity index (χ1) is 15.7. The molecule has 0 aliphatic heterocycles. The number of hydrogen-bond acceptors (Lipinski definition) is 2. The lowest BCUT2D eigenvalue weighted by molar-refractivity contribution is -0.137. The van der Waals surface area contributed by atoms with E-state index in [1.165, 1.54) is 6.07 Å². The molecule has 0 spiro atoms. The van der Waals surface area contributed by atoms with Gasteiger partial charge in [-0.05, 0) is 60.7 Å². The Hall–Kier alpha value is -3.61. The molecule has 7 heteroatoms. The van der Waals surface area contributed by atoms with Gasteiger partial charge in [-0.25, -0.2) is 4.98 Å². The van der Waals surface area contributed by atoms with Gasteiger partial charge in [0.1, 0.15) is 11.3 Å². The fraction of sp³-hybridized carbons (Fsp3) is 0.231. The topological polar surface area (TPSA) is 46.4 Å². The van der Waals surface area contributed by atoms with Crippen molar-refractivity contribution >= 4 is 11.6 Å². The number of imidazole rings is 1. The highest BCUT2D eigenvalue weighted by Gasteiger charge is 2.33. The van der Waals surface area contributed by atoms with Gasteiger partial charge in [0.2, 0.25) is 0 Å². The van der Waals surface area contributed by atoms with E-state index in [9.17, 15) is 18.0 Å². The van der Waals surface area contributed by atoms with E-state index in [4.69, 9.17) is 0 Å². The molecule has 4 nitrogen and oxygen atoms in total. The molecule has 4 aromatic rings. The normalized spacial score (nSPS) is 11.7. The van der Waals surface area contributed by atoms with Crippen LogP contribution in [0.2, 0.25) is 0 Å². The second-order valence-corrected chi connectivity index (χ2v) is 8.12. The summed E-state index contributed by atoms with van der Waals surface area (Å²) in [6, 6.07) is 14.9. The van der Waals surface area contributed by atoms with Crippen molar-refractivity contribution in [3.63, 3.8) is 0 Å². The smallest absolute Gasteiger partial charge is 0.347 e. The van der Waals surface area contributed by atoms with Crippen molar-refractivity contribution in [2.24, 2.45) is 0 Å². The Balaban J connectivity index is 1.54. The average Bonchev–Trinajstić information content (AvgIpc) is 3.15. The van der Waals surface area contributed by atoms with E-state index in [0.717, 1.165) is 22.8 Å². The van der Waals surface area contributed by atoms with Crippen molar-refractivity contribution in [2.45, 2.75) is 39.9 Å². The van der Waals surface area contributed by atoms with Crippen LogP contribution in [0.3, 0.4) is 0 Å². The van der Waals surface area contributed by atoms with Gasteiger partial charge >= 0.3 is 6.18 Å². The van der Waals surface area contributed by atoms with Gasteiger partial charge < -0.3 is 5.32 Å². The van der Waals surface area contributed by atoms with Gasteiger partial charge in [-0.3, -0.25) is 9.20 Å². The first-order valence-corrected chi connectivity index (χ1v) is 10.7. The van der Waals surface area contributed by atoms with Crippen LogP contribution in [0.5, 0.6) is 0 Å². The Bertz CT molecular complexity index is 1320. The Morgan fingerprint density at radius 3 is 2.36 bits per heavy atom. The Kier molecular flexibility index (Phi) is 5.97. The maximum Gasteiger partial charge on any atom is 0.417 e. The minimum atomic E-state index is -4.43. The monoisotopic (exact) mass is 451 g/mol. The molecule has 1 amide bonds. The molecule has 0 saturated heterocycles. The van der Waals surface area contributed by atoms with Crippen molar-refractivity contribution in [3.8, 4) is 11.1 Å². The largest absolute Gasteiger partial charge is 0.417 e. The quantitative estimate of drug-likeness (QED) is 0.397. The number of rotatable bonds is 5. The number of hydrogen-bond donors (Lipinski definition) is 1. The summed E-state index contributed by atoms with van der Waals surface area (Å²) < 4.78 is 42.2. The van der Waals surface area contributed by atoms with Gasteiger partial charge in [-0.1, -0.05) is 48.9 Å². The van der Waals surface area contributed by atoms with Gasteiger partial charge in [0.05, 0.1) is 11.3 Å². The van der Waals surface area contributed by atoms with Crippen LogP contribution < -0.4 is 5.32 Å². The number of aryl methyl sites for hydroxylation is 3. The lowest BCUT2D eigenvalue weighted by Gasteiger charge is -2.14. The van der Waals surface area contributed by atoms with Crippen molar-refractivity contribution in [3.05, 3.63) is 94.4 Å². The van der Waals surface area contributed by atoms with Gasteiger partial charge in [-0.2, -0.15) is 13.2 Å². The highest BCUT2D eigenvalue weighted by atomic mass is 19.4. The van der Waals surface area contributed by atoms with Crippen molar-refractivity contribution in [1.29, 1.82) is 0 Å². The highest BCUT2D eigenvalue weighted by Crippen LogP contribution is 2.37. The number of carbonyl (C=O) groups is 1. The van der Waals surface area contributed by atoms with Gasteiger partial charge in [0, 0.05) is 12.7 Å². The molecule has 0 fully saturated rings. The number of alkyl halides is 3. The third-order valence-corrected chi connectivity index (χ3v) is 5.60. The van der Waals surface area contributed by atoms with E-state index < -0.39 is 11.7 Å². The molecule has 0 aliphatic carbocycles. The molecule has 0 bridgehead atoms. The van der Waals surface area contributed by atoms with Crippen molar-refractivity contribution in [2.75, 3.05) is 0 Å². The number of pyridine rings is 1. The maximum atomic E-state index is 13.5. The summed E-state index contributed by atoms with van der Waals surface area (Å²) in [5, 5.41) is 2.91. The van der Waals surface area contributed by atoms with Crippen LogP contribution in [0, 0.1) is 13.8 Å². The van der Waals surface area contributed by atoms with E-state index in [1.807, 2.05) is 32.2 Å². The Morgan fingerprint density at radius 2 is 1.70 bits per heavy atom. The van der Waals surface area contributed by atoms with E-state index in [-0.39, 0.29) is 18.0 Å². The molecule has 170 valence electrons. The lowest BCUT2D eigenvalue weighted by atomic mass is 9.96. The maximum absolute atomic E-state index is 13.5. The zero-order valence-electron chi connectivity index (χ0n) is 18.6.